The van der Waals surface area contributed by atoms with E-state index in [1.807, 2.05) is 69.4 Å². The molecule has 1 N–H and O–H groups in total. The molecule has 0 aliphatic heterocycles. The second-order valence-electron chi connectivity index (χ2n) is 6.93. The molecule has 0 radical (unpaired) electrons. The van der Waals surface area contributed by atoms with E-state index in [0.717, 1.165) is 29.1 Å². The van der Waals surface area contributed by atoms with Crippen molar-refractivity contribution in [3.05, 3.63) is 60.4 Å². The molecule has 0 atom stereocenters. The Balaban J connectivity index is 1.39. The van der Waals surface area contributed by atoms with E-state index in [1.54, 1.807) is 4.68 Å². The third-order valence-electron chi connectivity index (χ3n) is 4.22. The van der Waals surface area contributed by atoms with E-state index in [2.05, 4.69) is 15.4 Å². The van der Waals surface area contributed by atoms with Gasteiger partial charge < -0.3 is 14.8 Å². The zero-order valence-electron chi connectivity index (χ0n) is 17.0. The van der Waals surface area contributed by atoms with E-state index < -0.39 is 0 Å². The lowest BCUT2D eigenvalue weighted by atomic mass is 10.1. The van der Waals surface area contributed by atoms with Crippen molar-refractivity contribution in [2.45, 2.75) is 26.4 Å². The van der Waals surface area contributed by atoms with Gasteiger partial charge in [0.1, 0.15) is 17.8 Å². The number of benzene rings is 2. The molecule has 1 amide bonds. The van der Waals surface area contributed by atoms with Crippen LogP contribution in [0.3, 0.4) is 0 Å². The number of nitrogens with zero attached hydrogens (tertiary/aromatic N) is 3. The molecule has 1 heterocycles. The molecule has 3 rings (SSSR count). The summed E-state index contributed by atoms with van der Waals surface area (Å²) in [5.41, 5.74) is 2.08. The third kappa shape index (κ3) is 6.07. The monoisotopic (exact) mass is 394 g/mol. The number of hydrogen-bond acceptors (Lipinski definition) is 5. The van der Waals surface area contributed by atoms with Gasteiger partial charge in [-0.2, -0.15) is 5.10 Å². The summed E-state index contributed by atoms with van der Waals surface area (Å²) in [4.78, 5) is 16.2. The minimum absolute atomic E-state index is 0.0233. The van der Waals surface area contributed by atoms with Crippen LogP contribution < -0.4 is 14.8 Å². The average molecular weight is 394 g/mol. The molecule has 0 aliphatic rings. The van der Waals surface area contributed by atoms with Crippen LogP contribution in [0.15, 0.2) is 54.9 Å². The molecular weight excluding hydrogens is 368 g/mol. The Labute approximate surface area is 170 Å². The van der Waals surface area contributed by atoms with Crippen molar-refractivity contribution in [2.75, 3.05) is 13.2 Å². The molecule has 2 aromatic carbocycles. The first-order valence-corrected chi connectivity index (χ1v) is 9.61. The normalized spacial score (nSPS) is 10.8. The lowest BCUT2D eigenvalue weighted by Crippen LogP contribution is -2.30. The molecule has 1 aromatic heterocycles. The van der Waals surface area contributed by atoms with Crippen LogP contribution in [0.5, 0.6) is 11.5 Å². The number of rotatable bonds is 9. The van der Waals surface area contributed by atoms with Crippen molar-refractivity contribution >= 4 is 5.91 Å². The van der Waals surface area contributed by atoms with Gasteiger partial charge >= 0.3 is 0 Å². The highest BCUT2D eigenvalue weighted by Crippen LogP contribution is 2.19. The van der Waals surface area contributed by atoms with Gasteiger partial charge in [0.15, 0.2) is 12.4 Å². The van der Waals surface area contributed by atoms with Crippen LogP contribution in [-0.4, -0.2) is 39.9 Å². The first kappa shape index (κ1) is 20.4. The Hall–Kier alpha value is -3.35. The van der Waals surface area contributed by atoms with Gasteiger partial charge in [-0.3, -0.25) is 4.79 Å². The van der Waals surface area contributed by atoms with Gasteiger partial charge in [-0.15, -0.1) is 0 Å². The molecule has 0 saturated heterocycles. The number of carbonyl (C=O) groups is 1. The number of ether oxygens (including phenoxy) is 2. The maximum Gasteiger partial charge on any atom is 0.257 e. The standard InChI is InChI=1S/C22H26N4O3/c1-16(2)29-20-8-4-17(5-9-20)12-13-23-21(27)14-28-19-10-6-18(7-11-19)22-24-15-25-26(22)3/h4-11,15-16H,12-14H2,1-3H3,(H,23,27). The van der Waals surface area contributed by atoms with Crippen LogP contribution in [0.25, 0.3) is 11.4 Å². The Morgan fingerprint density at radius 3 is 2.38 bits per heavy atom. The minimum Gasteiger partial charge on any atom is -0.491 e. The van der Waals surface area contributed by atoms with E-state index in [4.69, 9.17) is 9.47 Å². The summed E-state index contributed by atoms with van der Waals surface area (Å²) in [5, 5.41) is 6.93. The zero-order valence-corrected chi connectivity index (χ0v) is 17.0. The van der Waals surface area contributed by atoms with Crippen LogP contribution in [-0.2, 0) is 18.3 Å². The van der Waals surface area contributed by atoms with Crippen LogP contribution in [0.1, 0.15) is 19.4 Å². The molecule has 0 fully saturated rings. The summed E-state index contributed by atoms with van der Waals surface area (Å²) >= 11 is 0. The molecular formula is C22H26N4O3. The maximum absolute atomic E-state index is 12.0. The van der Waals surface area contributed by atoms with Gasteiger partial charge in [0.25, 0.3) is 5.91 Å². The largest absolute Gasteiger partial charge is 0.491 e. The maximum atomic E-state index is 12.0. The summed E-state index contributed by atoms with van der Waals surface area (Å²) in [7, 11) is 1.84. The van der Waals surface area contributed by atoms with Crippen LogP contribution in [0, 0.1) is 0 Å². The number of aryl methyl sites for hydroxylation is 1. The van der Waals surface area contributed by atoms with Crippen molar-refractivity contribution in [3.63, 3.8) is 0 Å². The molecule has 7 heteroatoms. The summed E-state index contributed by atoms with van der Waals surface area (Å²) in [6.45, 7) is 4.53. The van der Waals surface area contributed by atoms with Crippen molar-refractivity contribution in [1.29, 1.82) is 0 Å². The molecule has 0 aliphatic carbocycles. The quantitative estimate of drug-likeness (QED) is 0.604. The highest BCUT2D eigenvalue weighted by atomic mass is 16.5. The van der Waals surface area contributed by atoms with Crippen molar-refractivity contribution in [1.82, 2.24) is 20.1 Å². The Morgan fingerprint density at radius 2 is 1.76 bits per heavy atom. The highest BCUT2D eigenvalue weighted by Gasteiger charge is 2.06. The SMILES string of the molecule is CC(C)Oc1ccc(CCNC(=O)COc2ccc(-c3ncnn3C)cc2)cc1. The molecule has 152 valence electrons. The molecule has 0 spiro atoms. The van der Waals surface area contributed by atoms with E-state index >= 15 is 0 Å². The summed E-state index contributed by atoms with van der Waals surface area (Å²) < 4.78 is 12.9. The molecule has 29 heavy (non-hydrogen) atoms. The number of amides is 1. The van der Waals surface area contributed by atoms with Crippen LogP contribution in [0.2, 0.25) is 0 Å². The third-order valence-corrected chi connectivity index (χ3v) is 4.22. The van der Waals surface area contributed by atoms with E-state index in [1.165, 1.54) is 6.33 Å². The molecule has 3 aromatic rings. The van der Waals surface area contributed by atoms with Gasteiger partial charge in [0, 0.05) is 19.2 Å². The lowest BCUT2D eigenvalue weighted by Gasteiger charge is -2.10. The fraction of sp³-hybridized carbons (Fsp3) is 0.318. The number of nitrogens with one attached hydrogen (secondary N) is 1. The topological polar surface area (TPSA) is 78.3 Å². The van der Waals surface area contributed by atoms with Gasteiger partial charge in [0.05, 0.1) is 6.10 Å². The Morgan fingerprint density at radius 1 is 1.07 bits per heavy atom. The van der Waals surface area contributed by atoms with Crippen LogP contribution in [0.4, 0.5) is 0 Å². The summed E-state index contributed by atoms with van der Waals surface area (Å²) in [5.74, 6) is 2.11. The van der Waals surface area contributed by atoms with Gasteiger partial charge in [-0.25, -0.2) is 9.67 Å². The van der Waals surface area contributed by atoms with E-state index in [-0.39, 0.29) is 18.6 Å². The second kappa shape index (κ2) is 9.73. The second-order valence-corrected chi connectivity index (χ2v) is 6.93. The van der Waals surface area contributed by atoms with Gasteiger partial charge in [0.2, 0.25) is 0 Å². The van der Waals surface area contributed by atoms with Crippen LogP contribution >= 0.6 is 0 Å². The van der Waals surface area contributed by atoms with Gasteiger partial charge in [-0.05, 0) is 62.2 Å². The number of aromatic nitrogens is 3. The van der Waals surface area contributed by atoms with E-state index in [0.29, 0.717) is 12.3 Å². The molecule has 0 saturated carbocycles. The first-order chi connectivity index (χ1) is 14.0. The molecule has 7 nitrogen and oxygen atoms in total. The predicted octanol–water partition coefficient (Wildman–Crippen LogP) is 3.01. The van der Waals surface area contributed by atoms with Crippen molar-refractivity contribution < 1.29 is 14.3 Å². The smallest absolute Gasteiger partial charge is 0.257 e. The number of carbonyl (C=O) groups excluding carboxylic acids is 1. The Kier molecular flexibility index (Phi) is 6.84. The molecule has 0 bridgehead atoms. The van der Waals surface area contributed by atoms with Gasteiger partial charge in [-0.1, -0.05) is 12.1 Å². The fourth-order valence-electron chi connectivity index (χ4n) is 2.81. The minimum atomic E-state index is -0.151. The zero-order chi connectivity index (χ0) is 20.6. The first-order valence-electron chi connectivity index (χ1n) is 9.61. The highest BCUT2D eigenvalue weighted by molar-refractivity contribution is 5.77. The predicted molar refractivity (Wildman–Crippen MR) is 111 cm³/mol. The van der Waals surface area contributed by atoms with Crippen molar-refractivity contribution in [2.24, 2.45) is 7.05 Å². The summed E-state index contributed by atoms with van der Waals surface area (Å²) in [6.07, 6.45) is 2.42. The fourth-order valence-corrected chi connectivity index (χ4v) is 2.81. The lowest BCUT2D eigenvalue weighted by molar-refractivity contribution is -0.123. The van der Waals surface area contributed by atoms with Crippen molar-refractivity contribution in [3.8, 4) is 22.9 Å². The number of hydrogen-bond donors (Lipinski definition) is 1. The molecule has 0 unspecified atom stereocenters. The Bertz CT molecular complexity index is 918. The van der Waals surface area contributed by atoms with E-state index in [9.17, 15) is 4.79 Å². The average Bonchev–Trinajstić information content (AvgIpc) is 3.14. The summed E-state index contributed by atoms with van der Waals surface area (Å²) in [6, 6.07) is 15.3.